The summed E-state index contributed by atoms with van der Waals surface area (Å²) in [4.78, 5) is 2.43. The van der Waals surface area contributed by atoms with Gasteiger partial charge in [0, 0.05) is 0 Å². The fourth-order valence-corrected chi connectivity index (χ4v) is 2.54. The van der Waals surface area contributed by atoms with Gasteiger partial charge in [-0.15, -0.1) is 6.58 Å². The minimum atomic E-state index is 0.870. The van der Waals surface area contributed by atoms with Gasteiger partial charge in [-0.3, -0.25) is 0 Å². The van der Waals surface area contributed by atoms with Crippen LogP contribution in [-0.4, -0.2) is 25.0 Å². The normalized spacial score (nSPS) is 17.4. The van der Waals surface area contributed by atoms with Gasteiger partial charge >= 0.3 is 0 Å². The number of allylic oxidation sites excluding steroid dienone is 1. The minimum absolute atomic E-state index is 0.870. The Hall–Kier alpha value is -0.300. The predicted molar refractivity (Wildman–Crippen MR) is 88.6 cm³/mol. The van der Waals surface area contributed by atoms with E-state index in [1.807, 2.05) is 6.08 Å². The standard InChI is InChI=1S/C9H19N.C9H18/c1-8(2)9-4-6-10(3)7-5-9;1-4-5-6-7-8-9(2)3/h8-9H,4-7H2,1-3H3;4,9H,1,5-8H2,2-3H3. The van der Waals surface area contributed by atoms with Crippen LogP contribution >= 0.6 is 0 Å². The van der Waals surface area contributed by atoms with E-state index < -0.39 is 0 Å². The lowest BCUT2D eigenvalue weighted by atomic mass is 9.87. The summed E-state index contributed by atoms with van der Waals surface area (Å²) in [7, 11) is 2.22. The van der Waals surface area contributed by atoms with Gasteiger partial charge in [-0.1, -0.05) is 46.6 Å². The van der Waals surface area contributed by atoms with Gasteiger partial charge in [0.2, 0.25) is 0 Å². The van der Waals surface area contributed by atoms with E-state index in [9.17, 15) is 0 Å². The SMILES string of the molecule is C=CCCCCC(C)C.CC(C)C1CCN(C)CC1. The van der Waals surface area contributed by atoms with Gasteiger partial charge in [-0.25, -0.2) is 0 Å². The number of nitrogens with zero attached hydrogens (tertiary/aromatic N) is 1. The number of hydrogen-bond acceptors (Lipinski definition) is 1. The number of hydrogen-bond donors (Lipinski definition) is 0. The lowest BCUT2D eigenvalue weighted by Gasteiger charge is -2.31. The van der Waals surface area contributed by atoms with E-state index in [0.717, 1.165) is 17.8 Å². The first-order chi connectivity index (χ1) is 8.97. The Balaban J connectivity index is 0.000000344. The van der Waals surface area contributed by atoms with Gasteiger partial charge < -0.3 is 4.90 Å². The molecule has 1 rings (SSSR count). The van der Waals surface area contributed by atoms with Crippen molar-refractivity contribution in [2.75, 3.05) is 20.1 Å². The molecule has 114 valence electrons. The van der Waals surface area contributed by atoms with Crippen LogP contribution in [0.1, 0.15) is 66.2 Å². The molecule has 1 heteroatoms. The van der Waals surface area contributed by atoms with Crippen LogP contribution in [0.4, 0.5) is 0 Å². The molecule has 0 saturated carbocycles. The van der Waals surface area contributed by atoms with Crippen molar-refractivity contribution in [2.45, 2.75) is 66.2 Å². The largest absolute Gasteiger partial charge is 0.306 e. The lowest BCUT2D eigenvalue weighted by Crippen LogP contribution is -2.32. The Kier molecular flexibility index (Phi) is 11.3. The number of piperidine rings is 1. The molecule has 0 aliphatic carbocycles. The van der Waals surface area contributed by atoms with Crippen molar-refractivity contribution in [1.82, 2.24) is 4.90 Å². The Labute approximate surface area is 122 Å². The second-order valence-corrected chi connectivity index (χ2v) is 6.85. The fraction of sp³-hybridized carbons (Fsp3) is 0.889. The van der Waals surface area contributed by atoms with Crippen LogP contribution in [0.2, 0.25) is 0 Å². The van der Waals surface area contributed by atoms with Crippen molar-refractivity contribution in [2.24, 2.45) is 17.8 Å². The van der Waals surface area contributed by atoms with Gasteiger partial charge in [0.25, 0.3) is 0 Å². The summed E-state index contributed by atoms with van der Waals surface area (Å²) in [6.07, 6.45) is 10.1. The molecule has 1 aliphatic heterocycles. The second kappa shape index (κ2) is 11.5. The van der Waals surface area contributed by atoms with Crippen LogP contribution in [0.25, 0.3) is 0 Å². The first kappa shape index (κ1) is 18.7. The monoisotopic (exact) mass is 267 g/mol. The van der Waals surface area contributed by atoms with E-state index in [1.165, 1.54) is 51.6 Å². The summed E-state index contributed by atoms with van der Waals surface area (Å²) in [5.41, 5.74) is 0. The highest BCUT2D eigenvalue weighted by molar-refractivity contribution is 4.71. The predicted octanol–water partition coefficient (Wildman–Crippen LogP) is 5.37. The first-order valence-corrected chi connectivity index (χ1v) is 8.26. The molecule has 0 unspecified atom stereocenters. The molecule has 1 nitrogen and oxygen atoms in total. The van der Waals surface area contributed by atoms with Crippen LogP contribution in [-0.2, 0) is 0 Å². The van der Waals surface area contributed by atoms with Gasteiger partial charge in [-0.2, -0.15) is 0 Å². The molecule has 0 bridgehead atoms. The molecular weight excluding hydrogens is 230 g/mol. The molecule has 1 saturated heterocycles. The average molecular weight is 268 g/mol. The molecule has 1 heterocycles. The molecule has 0 N–H and O–H groups in total. The fourth-order valence-electron chi connectivity index (χ4n) is 2.54. The van der Waals surface area contributed by atoms with Crippen molar-refractivity contribution in [3.63, 3.8) is 0 Å². The zero-order valence-electron chi connectivity index (χ0n) is 14.1. The minimum Gasteiger partial charge on any atom is -0.306 e. The molecule has 1 fully saturated rings. The first-order valence-electron chi connectivity index (χ1n) is 8.26. The third-order valence-corrected chi connectivity index (χ3v) is 4.15. The molecular formula is C18H37N. The summed E-state index contributed by atoms with van der Waals surface area (Å²) in [5.74, 6) is 2.76. The van der Waals surface area contributed by atoms with E-state index in [2.05, 4.69) is 46.2 Å². The smallest absolute Gasteiger partial charge is 0.00190 e. The van der Waals surface area contributed by atoms with Gasteiger partial charge in [0.1, 0.15) is 0 Å². The molecule has 0 spiro atoms. The summed E-state index contributed by atoms with van der Waals surface area (Å²) in [6, 6.07) is 0. The average Bonchev–Trinajstić information content (AvgIpc) is 2.36. The zero-order chi connectivity index (χ0) is 14.7. The van der Waals surface area contributed by atoms with Crippen LogP contribution in [0.3, 0.4) is 0 Å². The van der Waals surface area contributed by atoms with Crippen molar-refractivity contribution in [1.29, 1.82) is 0 Å². The highest BCUT2D eigenvalue weighted by Crippen LogP contribution is 2.23. The summed E-state index contributed by atoms with van der Waals surface area (Å²) < 4.78 is 0. The van der Waals surface area contributed by atoms with Crippen molar-refractivity contribution in [3.05, 3.63) is 12.7 Å². The maximum absolute atomic E-state index is 3.68. The highest BCUT2D eigenvalue weighted by atomic mass is 15.1. The van der Waals surface area contributed by atoms with Gasteiger partial charge in [-0.05, 0) is 63.6 Å². The summed E-state index contributed by atoms with van der Waals surface area (Å²) >= 11 is 0. The molecule has 0 aromatic heterocycles. The molecule has 1 aliphatic rings. The highest BCUT2D eigenvalue weighted by Gasteiger charge is 2.18. The maximum atomic E-state index is 3.68. The Morgan fingerprint density at radius 3 is 2.11 bits per heavy atom. The molecule has 0 aromatic carbocycles. The van der Waals surface area contributed by atoms with Gasteiger partial charge in [0.05, 0.1) is 0 Å². The van der Waals surface area contributed by atoms with Crippen LogP contribution in [0.15, 0.2) is 12.7 Å². The Morgan fingerprint density at radius 1 is 1.11 bits per heavy atom. The van der Waals surface area contributed by atoms with Crippen molar-refractivity contribution < 1.29 is 0 Å². The second-order valence-electron chi connectivity index (χ2n) is 6.85. The number of rotatable bonds is 6. The molecule has 0 aromatic rings. The van der Waals surface area contributed by atoms with E-state index in [1.54, 1.807) is 0 Å². The summed E-state index contributed by atoms with van der Waals surface area (Å²) in [6.45, 7) is 15.5. The van der Waals surface area contributed by atoms with Crippen molar-refractivity contribution >= 4 is 0 Å². The summed E-state index contributed by atoms with van der Waals surface area (Å²) in [5, 5.41) is 0. The van der Waals surface area contributed by atoms with E-state index in [4.69, 9.17) is 0 Å². The lowest BCUT2D eigenvalue weighted by molar-refractivity contribution is 0.185. The van der Waals surface area contributed by atoms with E-state index in [0.29, 0.717) is 0 Å². The van der Waals surface area contributed by atoms with Crippen LogP contribution < -0.4 is 0 Å². The Morgan fingerprint density at radius 2 is 1.68 bits per heavy atom. The number of likely N-dealkylation sites (tertiary alicyclic amines) is 1. The molecule has 0 atom stereocenters. The third kappa shape index (κ3) is 11.2. The molecule has 0 radical (unpaired) electrons. The zero-order valence-corrected chi connectivity index (χ0v) is 14.1. The molecule has 19 heavy (non-hydrogen) atoms. The van der Waals surface area contributed by atoms with E-state index >= 15 is 0 Å². The Bertz CT molecular complexity index is 200. The van der Waals surface area contributed by atoms with Crippen LogP contribution in [0.5, 0.6) is 0 Å². The topological polar surface area (TPSA) is 3.24 Å². The quantitative estimate of drug-likeness (QED) is 0.462. The third-order valence-electron chi connectivity index (χ3n) is 4.15. The van der Waals surface area contributed by atoms with Crippen LogP contribution in [0, 0.1) is 17.8 Å². The van der Waals surface area contributed by atoms with Gasteiger partial charge in [0.15, 0.2) is 0 Å². The molecule has 0 amide bonds. The van der Waals surface area contributed by atoms with Crippen molar-refractivity contribution in [3.8, 4) is 0 Å². The number of unbranched alkanes of at least 4 members (excludes halogenated alkanes) is 2. The maximum Gasteiger partial charge on any atom is -0.00190 e. The van der Waals surface area contributed by atoms with E-state index in [-0.39, 0.29) is 0 Å².